The van der Waals surface area contributed by atoms with E-state index in [1.165, 1.54) is 12.1 Å². The third-order valence-corrected chi connectivity index (χ3v) is 3.17. The first-order valence-electron chi connectivity index (χ1n) is 6.57. The molecule has 0 amide bonds. The fraction of sp³-hybridized carbons (Fsp3) is 0.643. The van der Waals surface area contributed by atoms with E-state index >= 15 is 0 Å². The fourth-order valence-electron chi connectivity index (χ4n) is 2.43. The number of nitrogens with two attached hydrogens (primary N) is 1. The molecule has 18 heavy (non-hydrogen) atoms. The van der Waals surface area contributed by atoms with Gasteiger partial charge in [-0.3, -0.25) is 0 Å². The van der Waals surface area contributed by atoms with Gasteiger partial charge in [0.25, 0.3) is 0 Å². The number of ether oxygens (including phenoxy) is 1. The normalized spacial score (nSPS) is 15.3. The topological polar surface area (TPSA) is 57.2 Å². The molecule has 0 bridgehead atoms. The number of rotatable bonds is 2. The summed E-state index contributed by atoms with van der Waals surface area (Å²) in [5.74, 6) is -0.245. The van der Waals surface area contributed by atoms with Crippen LogP contribution in [-0.2, 0) is 24.2 Å². The molecule has 2 rings (SSSR count). The highest BCUT2D eigenvalue weighted by atomic mass is 16.6. The SMILES string of the molecule is CC(C)(C)OC(=O)c1cc(CN)c2n1CCCC2. The number of esters is 1. The Kier molecular flexibility index (Phi) is 3.48. The van der Waals surface area contributed by atoms with Crippen molar-refractivity contribution in [3.63, 3.8) is 0 Å². The Bertz CT molecular complexity index is 455. The summed E-state index contributed by atoms with van der Waals surface area (Å²) in [7, 11) is 0. The second kappa shape index (κ2) is 4.76. The molecule has 0 unspecified atom stereocenters. The van der Waals surface area contributed by atoms with Crippen molar-refractivity contribution in [2.75, 3.05) is 0 Å². The molecule has 0 aliphatic carbocycles. The molecule has 0 radical (unpaired) electrons. The Hall–Kier alpha value is -1.29. The Morgan fingerprint density at radius 3 is 2.78 bits per heavy atom. The van der Waals surface area contributed by atoms with Crippen molar-refractivity contribution in [2.24, 2.45) is 5.73 Å². The molecule has 1 aromatic heterocycles. The van der Waals surface area contributed by atoms with Crippen LogP contribution in [0.2, 0.25) is 0 Å². The summed E-state index contributed by atoms with van der Waals surface area (Å²) in [6.07, 6.45) is 3.29. The lowest BCUT2D eigenvalue weighted by Crippen LogP contribution is -2.26. The predicted octanol–water partition coefficient (Wildman–Crippen LogP) is 2.24. The zero-order chi connectivity index (χ0) is 13.3. The van der Waals surface area contributed by atoms with E-state index in [0.717, 1.165) is 24.9 Å². The molecule has 0 atom stereocenters. The first-order chi connectivity index (χ1) is 8.42. The van der Waals surface area contributed by atoms with Crippen molar-refractivity contribution in [3.05, 3.63) is 23.0 Å². The summed E-state index contributed by atoms with van der Waals surface area (Å²) >= 11 is 0. The van der Waals surface area contributed by atoms with Crippen molar-refractivity contribution in [3.8, 4) is 0 Å². The first kappa shape index (κ1) is 13.1. The van der Waals surface area contributed by atoms with E-state index in [9.17, 15) is 4.79 Å². The van der Waals surface area contributed by atoms with Crippen LogP contribution < -0.4 is 5.73 Å². The van der Waals surface area contributed by atoms with Gasteiger partial charge in [-0.25, -0.2) is 4.79 Å². The fourth-order valence-corrected chi connectivity index (χ4v) is 2.43. The lowest BCUT2D eigenvalue weighted by Gasteiger charge is -2.22. The van der Waals surface area contributed by atoms with Crippen molar-refractivity contribution in [2.45, 2.75) is 58.7 Å². The number of carbonyl (C=O) groups is 1. The summed E-state index contributed by atoms with van der Waals surface area (Å²) < 4.78 is 7.53. The van der Waals surface area contributed by atoms with Gasteiger partial charge in [-0.2, -0.15) is 0 Å². The quantitative estimate of drug-likeness (QED) is 0.819. The number of hydrogen-bond acceptors (Lipinski definition) is 3. The molecule has 4 nitrogen and oxygen atoms in total. The van der Waals surface area contributed by atoms with E-state index < -0.39 is 5.60 Å². The minimum Gasteiger partial charge on any atom is -0.455 e. The van der Waals surface area contributed by atoms with Gasteiger partial charge < -0.3 is 15.0 Å². The van der Waals surface area contributed by atoms with Gasteiger partial charge in [0, 0.05) is 18.8 Å². The number of fused-ring (bicyclic) bond motifs is 1. The van der Waals surface area contributed by atoms with Crippen molar-refractivity contribution in [1.29, 1.82) is 0 Å². The van der Waals surface area contributed by atoms with Crippen LogP contribution >= 0.6 is 0 Å². The molecule has 0 aromatic carbocycles. The Labute approximate surface area is 108 Å². The van der Waals surface area contributed by atoms with E-state index in [0.29, 0.717) is 12.2 Å². The van der Waals surface area contributed by atoms with Crippen molar-refractivity contribution >= 4 is 5.97 Å². The van der Waals surface area contributed by atoms with Gasteiger partial charge in [0.15, 0.2) is 0 Å². The maximum absolute atomic E-state index is 12.2. The molecule has 0 saturated carbocycles. The smallest absolute Gasteiger partial charge is 0.355 e. The van der Waals surface area contributed by atoms with E-state index in [1.54, 1.807) is 0 Å². The molecular formula is C14H22N2O2. The van der Waals surface area contributed by atoms with Crippen LogP contribution in [0.25, 0.3) is 0 Å². The van der Waals surface area contributed by atoms with Gasteiger partial charge in [0.05, 0.1) is 0 Å². The number of nitrogens with zero attached hydrogens (tertiary/aromatic N) is 1. The van der Waals surface area contributed by atoms with Crippen LogP contribution in [0.15, 0.2) is 6.07 Å². The van der Waals surface area contributed by atoms with Gasteiger partial charge >= 0.3 is 5.97 Å². The summed E-state index contributed by atoms with van der Waals surface area (Å²) in [5, 5.41) is 0. The monoisotopic (exact) mass is 250 g/mol. The Morgan fingerprint density at radius 1 is 1.44 bits per heavy atom. The summed E-state index contributed by atoms with van der Waals surface area (Å²) in [4.78, 5) is 12.2. The summed E-state index contributed by atoms with van der Waals surface area (Å²) in [6.45, 7) is 7.03. The van der Waals surface area contributed by atoms with Gasteiger partial charge in [-0.15, -0.1) is 0 Å². The van der Waals surface area contributed by atoms with Crippen molar-refractivity contribution < 1.29 is 9.53 Å². The number of aromatic nitrogens is 1. The molecule has 2 N–H and O–H groups in total. The minimum absolute atomic E-state index is 0.245. The van der Waals surface area contributed by atoms with E-state index in [1.807, 2.05) is 26.8 Å². The van der Waals surface area contributed by atoms with Crippen LogP contribution in [-0.4, -0.2) is 16.1 Å². The van der Waals surface area contributed by atoms with Crippen molar-refractivity contribution in [1.82, 2.24) is 4.57 Å². The van der Waals surface area contributed by atoms with Gasteiger partial charge in [0.1, 0.15) is 11.3 Å². The summed E-state index contributed by atoms with van der Waals surface area (Å²) in [5.41, 5.74) is 8.23. The highest BCUT2D eigenvalue weighted by molar-refractivity contribution is 5.88. The van der Waals surface area contributed by atoms with Crippen LogP contribution in [0.5, 0.6) is 0 Å². The Morgan fingerprint density at radius 2 is 2.17 bits per heavy atom. The average Bonchev–Trinajstić information content (AvgIpc) is 2.65. The zero-order valence-corrected chi connectivity index (χ0v) is 11.5. The van der Waals surface area contributed by atoms with Gasteiger partial charge in [-0.05, 0) is 51.7 Å². The molecular weight excluding hydrogens is 228 g/mol. The molecule has 1 aliphatic rings. The minimum atomic E-state index is -0.459. The summed E-state index contributed by atoms with van der Waals surface area (Å²) in [6, 6.07) is 1.90. The lowest BCUT2D eigenvalue weighted by molar-refractivity contribution is 0.00566. The molecule has 100 valence electrons. The zero-order valence-electron chi connectivity index (χ0n) is 11.5. The van der Waals surface area contributed by atoms with Crippen LogP contribution in [0, 0.1) is 0 Å². The molecule has 0 spiro atoms. The van der Waals surface area contributed by atoms with Crippen LogP contribution in [0.4, 0.5) is 0 Å². The first-order valence-corrected chi connectivity index (χ1v) is 6.57. The third kappa shape index (κ3) is 2.58. The van der Waals surface area contributed by atoms with E-state index in [-0.39, 0.29) is 5.97 Å². The van der Waals surface area contributed by atoms with E-state index in [4.69, 9.17) is 10.5 Å². The highest BCUT2D eigenvalue weighted by Gasteiger charge is 2.25. The molecule has 1 aliphatic heterocycles. The van der Waals surface area contributed by atoms with Gasteiger partial charge in [-0.1, -0.05) is 0 Å². The molecule has 1 aromatic rings. The predicted molar refractivity (Wildman–Crippen MR) is 70.4 cm³/mol. The maximum Gasteiger partial charge on any atom is 0.355 e. The standard InChI is InChI=1S/C14H22N2O2/c1-14(2,3)18-13(17)12-8-10(9-15)11-6-4-5-7-16(11)12/h8H,4-7,9,15H2,1-3H3. The van der Waals surface area contributed by atoms with Crippen LogP contribution in [0.3, 0.4) is 0 Å². The highest BCUT2D eigenvalue weighted by Crippen LogP contribution is 2.25. The van der Waals surface area contributed by atoms with Gasteiger partial charge in [0.2, 0.25) is 0 Å². The number of carbonyl (C=O) groups excluding carboxylic acids is 1. The second-order valence-corrected chi connectivity index (χ2v) is 5.82. The molecule has 0 fully saturated rings. The maximum atomic E-state index is 12.2. The molecule has 0 saturated heterocycles. The molecule has 2 heterocycles. The third-order valence-electron chi connectivity index (χ3n) is 3.17. The Balaban J connectivity index is 2.33. The number of hydrogen-bond donors (Lipinski definition) is 1. The molecule has 4 heteroatoms. The lowest BCUT2D eigenvalue weighted by atomic mass is 10.1. The largest absolute Gasteiger partial charge is 0.455 e. The average molecular weight is 250 g/mol. The van der Waals surface area contributed by atoms with Crippen LogP contribution in [0.1, 0.15) is 55.4 Å². The second-order valence-electron chi connectivity index (χ2n) is 5.82. The van der Waals surface area contributed by atoms with E-state index in [2.05, 4.69) is 4.57 Å².